The Morgan fingerprint density at radius 1 is 1.41 bits per heavy atom. The fourth-order valence-electron chi connectivity index (χ4n) is 3.34. The van der Waals surface area contributed by atoms with Gasteiger partial charge in [-0.1, -0.05) is 27.2 Å². The molecule has 1 saturated carbocycles. The molecule has 3 nitrogen and oxygen atoms in total. The Morgan fingerprint density at radius 2 is 2.12 bits per heavy atom. The molecule has 0 radical (unpaired) electrons. The van der Waals surface area contributed by atoms with Gasteiger partial charge < -0.3 is 9.67 Å². The number of aryl methyl sites for hydroxylation is 1. The standard InChI is InChI=1S/C14H24N2O/c1-10-5-6-11(12(17)9-10)14(2,3)13-15-7-8-16(13)4/h7-8,10-12,17H,5-6,9H2,1-4H3. The van der Waals surface area contributed by atoms with Gasteiger partial charge in [-0.2, -0.15) is 0 Å². The predicted molar refractivity (Wildman–Crippen MR) is 68.7 cm³/mol. The first kappa shape index (κ1) is 12.6. The van der Waals surface area contributed by atoms with Crippen LogP contribution in [0.25, 0.3) is 0 Å². The number of nitrogens with zero attached hydrogens (tertiary/aromatic N) is 2. The molecule has 1 aliphatic rings. The van der Waals surface area contributed by atoms with Gasteiger partial charge in [0.1, 0.15) is 5.82 Å². The van der Waals surface area contributed by atoms with E-state index in [1.807, 2.05) is 19.4 Å². The lowest BCUT2D eigenvalue weighted by atomic mass is 9.67. The first-order chi connectivity index (χ1) is 7.93. The average molecular weight is 236 g/mol. The van der Waals surface area contributed by atoms with Crippen molar-refractivity contribution in [3.05, 3.63) is 18.2 Å². The normalized spacial score (nSPS) is 30.5. The van der Waals surface area contributed by atoms with E-state index in [9.17, 15) is 5.11 Å². The molecule has 1 aromatic rings. The van der Waals surface area contributed by atoms with Crippen LogP contribution >= 0.6 is 0 Å². The lowest BCUT2D eigenvalue weighted by molar-refractivity contribution is 0.0114. The molecule has 3 unspecified atom stereocenters. The molecule has 17 heavy (non-hydrogen) atoms. The van der Waals surface area contributed by atoms with Crippen LogP contribution < -0.4 is 0 Å². The third-order valence-corrected chi connectivity index (χ3v) is 4.40. The van der Waals surface area contributed by atoms with Gasteiger partial charge in [0, 0.05) is 24.9 Å². The van der Waals surface area contributed by atoms with Crippen molar-refractivity contribution in [3.63, 3.8) is 0 Å². The van der Waals surface area contributed by atoms with Crippen LogP contribution in [-0.2, 0) is 12.5 Å². The summed E-state index contributed by atoms with van der Waals surface area (Å²) >= 11 is 0. The highest BCUT2D eigenvalue weighted by atomic mass is 16.3. The maximum atomic E-state index is 10.3. The third-order valence-electron chi connectivity index (χ3n) is 4.40. The van der Waals surface area contributed by atoms with Crippen molar-refractivity contribution < 1.29 is 5.11 Å². The van der Waals surface area contributed by atoms with Gasteiger partial charge in [-0.3, -0.25) is 0 Å². The van der Waals surface area contributed by atoms with Gasteiger partial charge in [-0.25, -0.2) is 4.98 Å². The minimum Gasteiger partial charge on any atom is -0.393 e. The number of aliphatic hydroxyl groups is 1. The van der Waals surface area contributed by atoms with E-state index in [0.29, 0.717) is 11.8 Å². The van der Waals surface area contributed by atoms with Gasteiger partial charge >= 0.3 is 0 Å². The molecule has 1 N–H and O–H groups in total. The van der Waals surface area contributed by atoms with E-state index in [1.54, 1.807) is 0 Å². The van der Waals surface area contributed by atoms with E-state index < -0.39 is 0 Å². The zero-order chi connectivity index (χ0) is 12.6. The molecule has 3 atom stereocenters. The maximum Gasteiger partial charge on any atom is 0.114 e. The summed E-state index contributed by atoms with van der Waals surface area (Å²) in [5, 5.41) is 10.3. The van der Waals surface area contributed by atoms with E-state index in [0.717, 1.165) is 18.7 Å². The summed E-state index contributed by atoms with van der Waals surface area (Å²) in [4.78, 5) is 4.47. The quantitative estimate of drug-likeness (QED) is 0.856. The second-order valence-corrected chi connectivity index (χ2v) is 6.18. The second kappa shape index (κ2) is 4.45. The molecule has 96 valence electrons. The number of hydrogen-bond acceptors (Lipinski definition) is 2. The highest BCUT2D eigenvalue weighted by Crippen LogP contribution is 2.41. The summed E-state index contributed by atoms with van der Waals surface area (Å²) in [6.45, 7) is 6.64. The third kappa shape index (κ3) is 2.25. The molecule has 2 rings (SSSR count). The van der Waals surface area contributed by atoms with Crippen LogP contribution in [0, 0.1) is 11.8 Å². The zero-order valence-corrected chi connectivity index (χ0v) is 11.3. The van der Waals surface area contributed by atoms with E-state index >= 15 is 0 Å². The summed E-state index contributed by atoms with van der Waals surface area (Å²) in [7, 11) is 2.03. The zero-order valence-electron chi connectivity index (χ0n) is 11.3. The van der Waals surface area contributed by atoms with Gasteiger partial charge in [-0.15, -0.1) is 0 Å². The van der Waals surface area contributed by atoms with E-state index in [-0.39, 0.29) is 11.5 Å². The Labute approximate surface area is 104 Å². The summed E-state index contributed by atoms with van der Waals surface area (Å²) < 4.78 is 2.07. The van der Waals surface area contributed by atoms with Gasteiger partial charge in [0.2, 0.25) is 0 Å². The van der Waals surface area contributed by atoms with Crippen molar-refractivity contribution >= 4 is 0 Å². The van der Waals surface area contributed by atoms with Gasteiger partial charge in [0.15, 0.2) is 0 Å². The summed E-state index contributed by atoms with van der Waals surface area (Å²) in [6, 6.07) is 0. The maximum absolute atomic E-state index is 10.3. The number of hydrogen-bond donors (Lipinski definition) is 1. The molecule has 1 heterocycles. The minimum absolute atomic E-state index is 0.0577. The Kier molecular flexibility index (Phi) is 3.30. The molecule has 1 fully saturated rings. The van der Waals surface area contributed by atoms with Gasteiger partial charge in [0.25, 0.3) is 0 Å². The van der Waals surface area contributed by atoms with E-state index in [1.165, 1.54) is 6.42 Å². The monoisotopic (exact) mass is 236 g/mol. The van der Waals surface area contributed by atoms with Crippen LogP contribution in [0.3, 0.4) is 0 Å². The number of imidazole rings is 1. The molecule has 1 aromatic heterocycles. The fourth-order valence-corrected chi connectivity index (χ4v) is 3.34. The highest BCUT2D eigenvalue weighted by molar-refractivity contribution is 5.11. The molecule has 0 spiro atoms. The average Bonchev–Trinajstić information content (AvgIpc) is 2.64. The van der Waals surface area contributed by atoms with Crippen molar-refractivity contribution in [2.45, 2.75) is 51.6 Å². The molecule has 1 aliphatic carbocycles. The van der Waals surface area contributed by atoms with Crippen molar-refractivity contribution in [3.8, 4) is 0 Å². The lowest BCUT2D eigenvalue weighted by Crippen LogP contribution is -2.42. The molecule has 0 saturated heterocycles. The Hall–Kier alpha value is -0.830. The van der Waals surface area contributed by atoms with E-state index in [4.69, 9.17) is 0 Å². The predicted octanol–water partition coefficient (Wildman–Crippen LogP) is 2.49. The molecular formula is C14H24N2O. The largest absolute Gasteiger partial charge is 0.393 e. The minimum atomic E-state index is -0.189. The fraction of sp³-hybridized carbons (Fsp3) is 0.786. The molecule has 0 aliphatic heterocycles. The lowest BCUT2D eigenvalue weighted by Gasteiger charge is -2.41. The SMILES string of the molecule is CC1CCC(C(C)(C)c2nccn2C)C(O)C1. The van der Waals surface area contributed by atoms with Crippen molar-refractivity contribution in [2.75, 3.05) is 0 Å². The topological polar surface area (TPSA) is 38.0 Å². The van der Waals surface area contributed by atoms with Crippen molar-refractivity contribution in [2.24, 2.45) is 18.9 Å². The highest BCUT2D eigenvalue weighted by Gasteiger charge is 2.41. The number of aromatic nitrogens is 2. The van der Waals surface area contributed by atoms with Crippen LogP contribution in [0.15, 0.2) is 12.4 Å². The van der Waals surface area contributed by atoms with Gasteiger partial charge in [-0.05, 0) is 24.7 Å². The van der Waals surface area contributed by atoms with Crippen LogP contribution in [0.5, 0.6) is 0 Å². The summed E-state index contributed by atoms with van der Waals surface area (Å²) in [5.74, 6) is 2.05. The van der Waals surface area contributed by atoms with Crippen LogP contribution in [-0.4, -0.2) is 20.8 Å². The van der Waals surface area contributed by atoms with E-state index in [2.05, 4.69) is 30.3 Å². The first-order valence-electron chi connectivity index (χ1n) is 6.58. The number of aliphatic hydroxyl groups excluding tert-OH is 1. The summed E-state index contributed by atoms with van der Waals surface area (Å²) in [5.41, 5.74) is -0.0577. The molecule has 0 amide bonds. The van der Waals surface area contributed by atoms with Crippen molar-refractivity contribution in [1.82, 2.24) is 9.55 Å². The molecule has 0 bridgehead atoms. The Balaban J connectivity index is 2.24. The number of rotatable bonds is 2. The molecule has 3 heteroatoms. The van der Waals surface area contributed by atoms with Crippen LogP contribution in [0.2, 0.25) is 0 Å². The Morgan fingerprint density at radius 3 is 2.65 bits per heavy atom. The first-order valence-corrected chi connectivity index (χ1v) is 6.58. The smallest absolute Gasteiger partial charge is 0.114 e. The van der Waals surface area contributed by atoms with Crippen molar-refractivity contribution in [1.29, 1.82) is 0 Å². The second-order valence-electron chi connectivity index (χ2n) is 6.18. The van der Waals surface area contributed by atoms with Crippen LogP contribution in [0.4, 0.5) is 0 Å². The molecular weight excluding hydrogens is 212 g/mol. The molecule has 0 aromatic carbocycles. The Bertz CT molecular complexity index is 383. The van der Waals surface area contributed by atoms with Crippen LogP contribution in [0.1, 0.15) is 45.9 Å². The summed E-state index contributed by atoms with van der Waals surface area (Å²) in [6.07, 6.45) is 6.88. The van der Waals surface area contributed by atoms with Gasteiger partial charge in [0.05, 0.1) is 6.10 Å².